The fourth-order valence-corrected chi connectivity index (χ4v) is 4.62. The lowest BCUT2D eigenvalue weighted by Crippen LogP contribution is -2.40. The highest BCUT2D eigenvalue weighted by Gasteiger charge is 2.29. The molecule has 4 heterocycles. The molecule has 0 N–H and O–H groups in total. The highest BCUT2D eigenvalue weighted by Crippen LogP contribution is 2.34. The number of benzene rings is 1. The van der Waals surface area contributed by atoms with Gasteiger partial charge in [0.1, 0.15) is 0 Å². The average Bonchev–Trinajstić information content (AvgIpc) is 2.89. The summed E-state index contributed by atoms with van der Waals surface area (Å²) in [7, 11) is 0. The second-order valence-electron chi connectivity index (χ2n) is 8.77. The molecule has 1 atom stereocenters. The normalized spacial score (nSPS) is 18.9. The van der Waals surface area contributed by atoms with Crippen molar-refractivity contribution in [2.75, 3.05) is 44.3 Å². The molecule has 1 amide bonds. The van der Waals surface area contributed by atoms with Gasteiger partial charge in [0.15, 0.2) is 0 Å². The molecule has 7 nitrogen and oxygen atoms in total. The van der Waals surface area contributed by atoms with E-state index < -0.39 is 0 Å². The minimum absolute atomic E-state index is 0.0880. The quantitative estimate of drug-likeness (QED) is 0.612. The molecule has 0 bridgehead atoms. The van der Waals surface area contributed by atoms with E-state index >= 15 is 0 Å². The smallest absolute Gasteiger partial charge is 0.253 e. The maximum atomic E-state index is 13.2. The summed E-state index contributed by atoms with van der Waals surface area (Å²) >= 11 is 0. The van der Waals surface area contributed by atoms with E-state index in [-0.39, 0.29) is 11.8 Å². The number of aromatic nitrogens is 3. The highest BCUT2D eigenvalue weighted by molar-refractivity contribution is 5.94. The number of carbonyl (C=O) groups excluding carboxylic acids is 1. The summed E-state index contributed by atoms with van der Waals surface area (Å²) in [5.74, 6) is 0.971. The van der Waals surface area contributed by atoms with Gasteiger partial charge in [-0.25, -0.2) is 9.97 Å². The number of anilines is 1. The summed E-state index contributed by atoms with van der Waals surface area (Å²) in [6.07, 6.45) is 7.49. The zero-order valence-electron chi connectivity index (χ0n) is 19.0. The van der Waals surface area contributed by atoms with Gasteiger partial charge in [-0.15, -0.1) is 0 Å². The van der Waals surface area contributed by atoms with Crippen LogP contribution in [0.25, 0.3) is 11.1 Å². The van der Waals surface area contributed by atoms with E-state index in [2.05, 4.69) is 9.88 Å². The van der Waals surface area contributed by atoms with E-state index in [0.717, 1.165) is 66.4 Å². The van der Waals surface area contributed by atoms with E-state index in [4.69, 9.17) is 14.7 Å². The zero-order valence-corrected chi connectivity index (χ0v) is 19.0. The lowest BCUT2D eigenvalue weighted by Gasteiger charge is -2.34. The Morgan fingerprint density at radius 2 is 1.88 bits per heavy atom. The molecular formula is C26H29N5O2. The maximum Gasteiger partial charge on any atom is 0.253 e. The van der Waals surface area contributed by atoms with Gasteiger partial charge in [0.25, 0.3) is 5.91 Å². The molecule has 0 spiro atoms. The average molecular weight is 444 g/mol. The summed E-state index contributed by atoms with van der Waals surface area (Å²) in [4.78, 5) is 31.4. The number of carbonyl (C=O) groups is 1. The summed E-state index contributed by atoms with van der Waals surface area (Å²) < 4.78 is 5.50. The van der Waals surface area contributed by atoms with Crippen LogP contribution in [0.3, 0.4) is 0 Å². The number of pyridine rings is 1. The lowest BCUT2D eigenvalue weighted by molar-refractivity contribution is 0.0706. The molecule has 2 saturated heterocycles. The molecule has 1 aromatic carbocycles. The number of aryl methyl sites for hydroxylation is 1. The number of likely N-dealkylation sites (tertiary alicyclic amines) is 1. The van der Waals surface area contributed by atoms with Crippen LogP contribution in [0.4, 0.5) is 5.95 Å². The van der Waals surface area contributed by atoms with Crippen LogP contribution < -0.4 is 4.90 Å². The largest absolute Gasteiger partial charge is 0.378 e. The second-order valence-corrected chi connectivity index (χ2v) is 8.77. The number of amides is 1. The molecule has 0 saturated carbocycles. The van der Waals surface area contributed by atoms with Gasteiger partial charge >= 0.3 is 0 Å². The maximum absolute atomic E-state index is 13.2. The number of morpholine rings is 1. The van der Waals surface area contributed by atoms with Gasteiger partial charge in [-0.1, -0.05) is 23.8 Å². The zero-order chi connectivity index (χ0) is 22.6. The fourth-order valence-electron chi connectivity index (χ4n) is 4.62. The molecule has 5 rings (SSSR count). The third kappa shape index (κ3) is 4.73. The lowest BCUT2D eigenvalue weighted by atomic mass is 9.90. The van der Waals surface area contributed by atoms with Crippen molar-refractivity contribution in [3.05, 3.63) is 71.8 Å². The van der Waals surface area contributed by atoms with E-state index in [9.17, 15) is 4.79 Å². The van der Waals surface area contributed by atoms with Crippen molar-refractivity contribution in [1.29, 1.82) is 0 Å². The second kappa shape index (κ2) is 9.67. The van der Waals surface area contributed by atoms with Crippen LogP contribution in [0.15, 0.2) is 55.0 Å². The van der Waals surface area contributed by atoms with Gasteiger partial charge in [-0.05, 0) is 38.0 Å². The van der Waals surface area contributed by atoms with Crippen molar-refractivity contribution >= 4 is 11.9 Å². The van der Waals surface area contributed by atoms with Gasteiger partial charge in [-0.3, -0.25) is 9.78 Å². The Morgan fingerprint density at radius 3 is 2.64 bits per heavy atom. The van der Waals surface area contributed by atoms with E-state index in [0.29, 0.717) is 19.8 Å². The van der Waals surface area contributed by atoms with Crippen LogP contribution in [0, 0.1) is 6.92 Å². The van der Waals surface area contributed by atoms with Gasteiger partial charge in [0.05, 0.1) is 18.9 Å². The molecule has 33 heavy (non-hydrogen) atoms. The Kier molecular flexibility index (Phi) is 6.30. The van der Waals surface area contributed by atoms with Crippen LogP contribution in [0.1, 0.15) is 40.4 Å². The molecule has 170 valence electrons. The Bertz CT molecular complexity index is 1100. The first kappa shape index (κ1) is 21.5. The van der Waals surface area contributed by atoms with Crippen LogP contribution >= 0.6 is 0 Å². The minimum atomic E-state index is 0.0880. The molecular weight excluding hydrogens is 414 g/mol. The molecule has 0 unspecified atom stereocenters. The van der Waals surface area contributed by atoms with Crippen molar-refractivity contribution in [3.8, 4) is 11.1 Å². The van der Waals surface area contributed by atoms with Crippen molar-refractivity contribution in [2.45, 2.75) is 25.7 Å². The summed E-state index contributed by atoms with van der Waals surface area (Å²) in [6, 6.07) is 11.8. The molecule has 2 aromatic heterocycles. The first-order valence-electron chi connectivity index (χ1n) is 11.6. The van der Waals surface area contributed by atoms with Gasteiger partial charge in [-0.2, -0.15) is 0 Å². The molecule has 0 aliphatic carbocycles. The van der Waals surface area contributed by atoms with E-state index in [1.807, 2.05) is 60.6 Å². The molecule has 2 aliphatic rings. The third-order valence-corrected chi connectivity index (χ3v) is 6.47. The number of hydrogen-bond acceptors (Lipinski definition) is 6. The molecule has 3 aromatic rings. The summed E-state index contributed by atoms with van der Waals surface area (Å²) in [5, 5.41) is 0. The van der Waals surface area contributed by atoms with E-state index in [1.54, 1.807) is 6.20 Å². The first-order chi connectivity index (χ1) is 16.2. The monoisotopic (exact) mass is 443 g/mol. The Balaban J connectivity index is 1.46. The van der Waals surface area contributed by atoms with Crippen molar-refractivity contribution < 1.29 is 9.53 Å². The molecule has 7 heteroatoms. The summed E-state index contributed by atoms with van der Waals surface area (Å²) in [5.41, 5.74) is 4.89. The molecule has 2 aliphatic heterocycles. The number of hydrogen-bond donors (Lipinski definition) is 0. The van der Waals surface area contributed by atoms with Crippen molar-refractivity contribution in [1.82, 2.24) is 19.9 Å². The Hall–Kier alpha value is -3.32. The van der Waals surface area contributed by atoms with E-state index in [1.165, 1.54) is 0 Å². The van der Waals surface area contributed by atoms with Gasteiger partial charge in [0, 0.05) is 67.4 Å². The third-order valence-electron chi connectivity index (χ3n) is 6.47. The fraction of sp³-hybridized carbons (Fsp3) is 0.385. The Morgan fingerprint density at radius 1 is 1.06 bits per heavy atom. The number of piperidine rings is 1. The van der Waals surface area contributed by atoms with Crippen LogP contribution in [0.2, 0.25) is 0 Å². The summed E-state index contributed by atoms with van der Waals surface area (Å²) in [6.45, 7) is 6.40. The van der Waals surface area contributed by atoms with Crippen LogP contribution in [0.5, 0.6) is 0 Å². The number of ether oxygens (including phenoxy) is 1. The van der Waals surface area contributed by atoms with Gasteiger partial charge < -0.3 is 14.5 Å². The number of nitrogens with zero attached hydrogens (tertiary/aromatic N) is 5. The molecule has 0 radical (unpaired) electrons. The minimum Gasteiger partial charge on any atom is -0.378 e. The number of rotatable bonds is 4. The van der Waals surface area contributed by atoms with Crippen molar-refractivity contribution in [2.24, 2.45) is 0 Å². The van der Waals surface area contributed by atoms with Crippen molar-refractivity contribution in [3.63, 3.8) is 0 Å². The standard InChI is InChI=1S/C26H29N5O2/c1-19-6-8-20(9-7-19)25(32)31-11-3-5-22(18-31)24-23(21-4-2-10-27-16-21)17-28-26(29-24)30-12-14-33-15-13-30/h2,4,6-10,16-17,22H,3,5,11-15,18H2,1H3/t22-/m1/s1. The van der Waals surface area contributed by atoms with Crippen LogP contribution in [-0.2, 0) is 4.74 Å². The molecule has 2 fully saturated rings. The first-order valence-corrected chi connectivity index (χ1v) is 11.6. The highest BCUT2D eigenvalue weighted by atomic mass is 16.5. The predicted octanol–water partition coefficient (Wildman–Crippen LogP) is 3.70. The predicted molar refractivity (Wildman–Crippen MR) is 127 cm³/mol. The van der Waals surface area contributed by atoms with Gasteiger partial charge in [0.2, 0.25) is 5.95 Å². The SMILES string of the molecule is Cc1ccc(C(=O)N2CCC[C@@H](c3nc(N4CCOCC4)ncc3-c3cccnc3)C2)cc1. The topological polar surface area (TPSA) is 71.5 Å². The van der Waals surface area contributed by atoms with Crippen LogP contribution in [-0.4, -0.2) is 65.2 Å². The Labute approximate surface area is 194 Å².